The molecule has 0 fully saturated rings. The summed E-state index contributed by atoms with van der Waals surface area (Å²) in [7, 11) is -4.84. The van der Waals surface area contributed by atoms with Crippen LogP contribution < -0.4 is 0 Å². The number of carbonyl (C=O) groups excluding carboxylic acids is 1. The van der Waals surface area contributed by atoms with Gasteiger partial charge >= 0.3 is 0 Å². The summed E-state index contributed by atoms with van der Waals surface area (Å²) >= 11 is 0. The highest BCUT2D eigenvalue weighted by atomic mass is 32.2. The predicted octanol–water partition coefficient (Wildman–Crippen LogP) is 0.571. The zero-order valence-electron chi connectivity index (χ0n) is 10.6. The van der Waals surface area contributed by atoms with Crippen LogP contribution in [0.15, 0.2) is 24.3 Å². The van der Waals surface area contributed by atoms with E-state index in [0.29, 0.717) is 0 Å². The quantitative estimate of drug-likeness (QED) is 0.412. The fourth-order valence-corrected chi connectivity index (χ4v) is 3.90. The molecule has 1 rings (SSSR count). The number of carbonyl (C=O) groups is 1. The van der Waals surface area contributed by atoms with Gasteiger partial charge in [-0.1, -0.05) is 12.1 Å². The normalized spacial score (nSPS) is 12.8. The van der Waals surface area contributed by atoms with Crippen LogP contribution in [0.4, 0.5) is 5.69 Å². The van der Waals surface area contributed by atoms with Gasteiger partial charge in [0.15, 0.2) is 5.78 Å². The molecule has 0 saturated heterocycles. The van der Waals surface area contributed by atoms with Crippen LogP contribution in [0, 0.1) is 10.1 Å². The van der Waals surface area contributed by atoms with Gasteiger partial charge < -0.3 is 0 Å². The minimum Gasteiger partial charge on any atom is -0.293 e. The SMILES string of the molecule is CS(=O)(=O)CCS(=O)CC(=O)c1cccc([N+](=O)[O-])c1. The van der Waals surface area contributed by atoms with Crippen molar-refractivity contribution >= 4 is 32.1 Å². The van der Waals surface area contributed by atoms with Gasteiger partial charge in [0.1, 0.15) is 9.84 Å². The van der Waals surface area contributed by atoms with Crippen LogP contribution >= 0.6 is 0 Å². The van der Waals surface area contributed by atoms with Crippen molar-refractivity contribution in [2.24, 2.45) is 0 Å². The van der Waals surface area contributed by atoms with E-state index < -0.39 is 31.3 Å². The maximum atomic E-state index is 11.8. The summed E-state index contributed by atoms with van der Waals surface area (Å²) in [6, 6.07) is 5.11. The molecule has 7 nitrogen and oxygen atoms in total. The molecular weight excluding hydrogens is 306 g/mol. The van der Waals surface area contributed by atoms with Crippen molar-refractivity contribution in [1.82, 2.24) is 0 Å². The van der Waals surface area contributed by atoms with E-state index in [2.05, 4.69) is 0 Å². The second-order valence-corrected chi connectivity index (χ2v) is 7.99. The zero-order valence-corrected chi connectivity index (χ0v) is 12.3. The lowest BCUT2D eigenvalue weighted by molar-refractivity contribution is -0.384. The van der Waals surface area contributed by atoms with Crippen molar-refractivity contribution in [3.63, 3.8) is 0 Å². The molecule has 0 spiro atoms. The average molecular weight is 319 g/mol. The maximum absolute atomic E-state index is 11.8. The van der Waals surface area contributed by atoms with E-state index in [0.717, 1.165) is 12.3 Å². The Hall–Kier alpha value is -1.61. The first-order valence-electron chi connectivity index (χ1n) is 5.49. The van der Waals surface area contributed by atoms with Gasteiger partial charge in [0.25, 0.3) is 5.69 Å². The monoisotopic (exact) mass is 319 g/mol. The Morgan fingerprint density at radius 3 is 2.60 bits per heavy atom. The van der Waals surface area contributed by atoms with Crippen LogP contribution in [0.25, 0.3) is 0 Å². The van der Waals surface area contributed by atoms with E-state index in [1.54, 1.807) is 0 Å². The number of rotatable bonds is 7. The number of non-ortho nitro benzene ring substituents is 1. The van der Waals surface area contributed by atoms with Gasteiger partial charge in [-0.05, 0) is 0 Å². The fourth-order valence-electron chi connectivity index (χ4n) is 1.34. The van der Waals surface area contributed by atoms with E-state index in [4.69, 9.17) is 0 Å². The molecule has 1 aromatic rings. The highest BCUT2D eigenvalue weighted by molar-refractivity contribution is 7.92. The first-order chi connectivity index (χ1) is 9.19. The highest BCUT2D eigenvalue weighted by Gasteiger charge is 2.15. The third-order valence-electron chi connectivity index (χ3n) is 2.35. The molecule has 0 bridgehead atoms. The predicted molar refractivity (Wildman–Crippen MR) is 75.0 cm³/mol. The van der Waals surface area contributed by atoms with E-state index >= 15 is 0 Å². The summed E-state index contributed by atoms with van der Waals surface area (Å²) in [6.45, 7) is 0. The molecule has 0 amide bonds. The number of benzene rings is 1. The standard InChI is InChI=1S/C11H13NO6S2/c1-20(17,18)6-5-19(16)8-11(13)9-3-2-4-10(7-9)12(14)15/h2-4,7H,5-6,8H2,1H3. The Labute approximate surface area is 118 Å². The summed E-state index contributed by atoms with van der Waals surface area (Å²) in [5, 5.41) is 10.6. The Bertz CT molecular complexity index is 653. The minimum absolute atomic E-state index is 0.0897. The molecule has 1 atom stereocenters. The summed E-state index contributed by atoms with van der Waals surface area (Å²) in [4.78, 5) is 21.7. The Balaban J connectivity index is 2.69. The molecule has 0 N–H and O–H groups in total. The van der Waals surface area contributed by atoms with Gasteiger partial charge in [-0.2, -0.15) is 0 Å². The Morgan fingerprint density at radius 1 is 1.40 bits per heavy atom. The lowest BCUT2D eigenvalue weighted by Crippen LogP contribution is -2.18. The zero-order chi connectivity index (χ0) is 15.3. The van der Waals surface area contributed by atoms with E-state index in [1.165, 1.54) is 18.2 Å². The van der Waals surface area contributed by atoms with Crippen LogP contribution in [0.2, 0.25) is 0 Å². The molecule has 0 saturated carbocycles. The summed E-state index contributed by atoms with van der Waals surface area (Å²) in [5.74, 6) is -1.25. The number of Topliss-reactive ketones (excluding diaryl/α,β-unsaturated/α-hetero) is 1. The molecule has 1 aromatic carbocycles. The van der Waals surface area contributed by atoms with Gasteiger partial charge in [-0.25, -0.2) is 8.42 Å². The van der Waals surface area contributed by atoms with Gasteiger partial charge in [0.05, 0.1) is 16.4 Å². The molecule has 1 unspecified atom stereocenters. The van der Waals surface area contributed by atoms with Crippen molar-refractivity contribution in [2.45, 2.75) is 0 Å². The van der Waals surface area contributed by atoms with Gasteiger partial charge in [-0.15, -0.1) is 0 Å². The maximum Gasteiger partial charge on any atom is 0.270 e. The number of nitro groups is 1. The van der Waals surface area contributed by atoms with Crippen LogP contribution in [-0.4, -0.2) is 46.8 Å². The summed E-state index contributed by atoms with van der Waals surface area (Å²) in [5.41, 5.74) is -0.135. The smallest absolute Gasteiger partial charge is 0.270 e. The molecule has 0 aliphatic carbocycles. The Kier molecular flexibility index (Phi) is 5.52. The average Bonchev–Trinajstić information content (AvgIpc) is 2.35. The van der Waals surface area contributed by atoms with Crippen molar-refractivity contribution in [2.75, 3.05) is 23.5 Å². The highest BCUT2D eigenvalue weighted by Crippen LogP contribution is 2.13. The number of sulfone groups is 1. The lowest BCUT2D eigenvalue weighted by atomic mass is 10.1. The molecule has 110 valence electrons. The number of nitrogens with zero attached hydrogens (tertiary/aromatic N) is 1. The van der Waals surface area contributed by atoms with E-state index in [1.807, 2.05) is 0 Å². The van der Waals surface area contributed by atoms with Gasteiger partial charge in [0, 0.05) is 40.5 Å². The second-order valence-electron chi connectivity index (χ2n) is 4.15. The molecule has 0 aromatic heterocycles. The molecular formula is C11H13NO6S2. The van der Waals surface area contributed by atoms with E-state index in [-0.39, 0.29) is 28.5 Å². The first-order valence-corrected chi connectivity index (χ1v) is 9.04. The van der Waals surface area contributed by atoms with Crippen molar-refractivity contribution in [3.05, 3.63) is 39.9 Å². The minimum atomic E-state index is -3.23. The van der Waals surface area contributed by atoms with E-state index in [9.17, 15) is 27.5 Å². The molecule has 0 aliphatic rings. The third kappa shape index (κ3) is 5.57. The first kappa shape index (κ1) is 16.4. The molecule has 0 aliphatic heterocycles. The van der Waals surface area contributed by atoms with Gasteiger partial charge in [-0.3, -0.25) is 19.1 Å². The second kappa shape index (κ2) is 6.71. The fraction of sp³-hybridized carbons (Fsp3) is 0.364. The van der Waals surface area contributed by atoms with Crippen molar-refractivity contribution < 1.29 is 22.3 Å². The molecule has 0 heterocycles. The van der Waals surface area contributed by atoms with Crippen LogP contribution in [0.3, 0.4) is 0 Å². The molecule has 9 heteroatoms. The van der Waals surface area contributed by atoms with Gasteiger partial charge in [0.2, 0.25) is 0 Å². The largest absolute Gasteiger partial charge is 0.293 e. The summed E-state index contributed by atoms with van der Waals surface area (Å²) in [6.07, 6.45) is 1.02. The third-order valence-corrected chi connectivity index (χ3v) is 4.80. The number of nitro benzene ring substituents is 1. The number of ketones is 1. The van der Waals surface area contributed by atoms with Crippen LogP contribution in [0.1, 0.15) is 10.4 Å². The molecule has 0 radical (unpaired) electrons. The lowest BCUT2D eigenvalue weighted by Gasteiger charge is -2.02. The van der Waals surface area contributed by atoms with Crippen molar-refractivity contribution in [3.8, 4) is 0 Å². The topological polar surface area (TPSA) is 111 Å². The number of hydrogen-bond acceptors (Lipinski definition) is 6. The summed E-state index contributed by atoms with van der Waals surface area (Å²) < 4.78 is 33.4. The number of hydrogen-bond donors (Lipinski definition) is 0. The van der Waals surface area contributed by atoms with Crippen LogP contribution in [0.5, 0.6) is 0 Å². The molecule has 20 heavy (non-hydrogen) atoms. The van der Waals surface area contributed by atoms with Crippen LogP contribution in [-0.2, 0) is 20.6 Å². The van der Waals surface area contributed by atoms with Crippen molar-refractivity contribution in [1.29, 1.82) is 0 Å². The Morgan fingerprint density at radius 2 is 2.05 bits per heavy atom.